The zero-order valence-corrected chi connectivity index (χ0v) is 26.5. The number of rotatable bonds is 8. The third-order valence-corrected chi connectivity index (χ3v) is 14.3. The summed E-state index contributed by atoms with van der Waals surface area (Å²) in [6.45, 7) is 7.80. The van der Waals surface area contributed by atoms with E-state index in [2.05, 4.69) is 24.1 Å². The van der Waals surface area contributed by atoms with E-state index in [1.807, 2.05) is 18.7 Å². The predicted molar refractivity (Wildman–Crippen MR) is 160 cm³/mol. The van der Waals surface area contributed by atoms with Crippen molar-refractivity contribution in [3.8, 4) is 0 Å². The molecule has 4 saturated heterocycles. The van der Waals surface area contributed by atoms with Crippen molar-refractivity contribution in [3.63, 3.8) is 0 Å². The van der Waals surface area contributed by atoms with E-state index in [9.17, 15) is 24.0 Å². The number of ketones is 1. The Morgan fingerprint density at radius 2 is 1.89 bits per heavy atom. The number of unbranched alkanes of at least 4 members (excludes halogenated alkanes) is 1. The van der Waals surface area contributed by atoms with Crippen LogP contribution in [0.4, 0.5) is 4.79 Å². The molecule has 2 amide bonds. The Labute approximate surface area is 262 Å². The molecule has 9 fully saturated rings. The molecular formula is C33H44N2O8S. The van der Waals surface area contributed by atoms with E-state index in [0.29, 0.717) is 42.9 Å². The number of Topliss-reactive ketones (excluding diaryl/α,β-unsaturated/α-hetero) is 1. The van der Waals surface area contributed by atoms with Crippen molar-refractivity contribution < 1.29 is 38.2 Å². The molecule has 0 radical (unpaired) electrons. The zero-order chi connectivity index (χ0) is 31.0. The van der Waals surface area contributed by atoms with Crippen LogP contribution in [-0.2, 0) is 33.4 Å². The molecule has 6 unspecified atom stereocenters. The molecule has 5 saturated carbocycles. The summed E-state index contributed by atoms with van der Waals surface area (Å²) < 4.78 is 17.7. The van der Waals surface area contributed by atoms with Gasteiger partial charge in [0.05, 0.1) is 22.9 Å². The van der Waals surface area contributed by atoms with Gasteiger partial charge in [0.1, 0.15) is 11.7 Å². The van der Waals surface area contributed by atoms with Gasteiger partial charge in [-0.15, -0.1) is 0 Å². The maximum Gasteiger partial charge on any atom is 0.344 e. The molecule has 44 heavy (non-hydrogen) atoms. The quantitative estimate of drug-likeness (QED) is 0.135. The van der Waals surface area contributed by atoms with Crippen LogP contribution in [0.1, 0.15) is 84.5 Å². The second-order valence-corrected chi connectivity index (χ2v) is 15.9. The number of amides is 2. The number of urea groups is 1. The standard InChI is InChI=1S/C33H44N2O8S/c1-17-19-9-12-33(28(17)38)23(13-19)32-11-6-10-31(3,43-29(32)39)18(2)20(32)14-24(33)42-26(37)15-41-25(36)8-5-4-7-22-27-21(16-44-22)34-30(40)35-27/h18-24,27H,1,4-16H2,2-3H3,(H2,34,35,40)/t18-,19?,20?,21?,22-,23?,24-,27?,31-,32+,33?/m1/s1. The Kier molecular flexibility index (Phi) is 7.37. The first kappa shape index (κ1) is 30.1. The van der Waals surface area contributed by atoms with Gasteiger partial charge in [0.25, 0.3) is 0 Å². The van der Waals surface area contributed by atoms with Gasteiger partial charge in [-0.3, -0.25) is 14.4 Å². The number of hydrogen-bond acceptors (Lipinski definition) is 9. The molecule has 10 nitrogen and oxygen atoms in total. The van der Waals surface area contributed by atoms with E-state index < -0.39 is 41.1 Å². The molecule has 4 heterocycles. The first-order valence-electron chi connectivity index (χ1n) is 16.5. The number of fused-ring (bicyclic) bond motifs is 6. The van der Waals surface area contributed by atoms with Crippen molar-refractivity contribution in [2.24, 2.45) is 34.5 Å². The van der Waals surface area contributed by atoms with E-state index in [1.54, 1.807) is 0 Å². The van der Waals surface area contributed by atoms with Crippen LogP contribution >= 0.6 is 11.8 Å². The number of carbonyl (C=O) groups excluding carboxylic acids is 5. The maximum atomic E-state index is 14.0. The highest BCUT2D eigenvalue weighted by atomic mass is 32.2. The third kappa shape index (κ3) is 4.37. The fourth-order valence-electron chi connectivity index (χ4n) is 10.4. The van der Waals surface area contributed by atoms with Crippen molar-refractivity contribution in [2.75, 3.05) is 12.4 Å². The molecule has 11 atom stereocenters. The summed E-state index contributed by atoms with van der Waals surface area (Å²) in [5.41, 5.74) is -1.73. The van der Waals surface area contributed by atoms with Crippen molar-refractivity contribution in [1.82, 2.24) is 10.6 Å². The highest BCUT2D eigenvalue weighted by molar-refractivity contribution is 8.00. The second-order valence-electron chi connectivity index (χ2n) is 14.7. The molecule has 5 aliphatic carbocycles. The third-order valence-electron chi connectivity index (χ3n) is 12.8. The molecule has 4 bridgehead atoms. The Hall–Kier alpha value is -2.56. The van der Waals surface area contributed by atoms with E-state index >= 15 is 0 Å². The zero-order valence-electron chi connectivity index (χ0n) is 25.7. The van der Waals surface area contributed by atoms with Crippen molar-refractivity contribution >= 4 is 41.5 Å². The second kappa shape index (κ2) is 10.8. The molecule has 2 spiro atoms. The molecule has 4 aliphatic heterocycles. The molecule has 0 aromatic heterocycles. The fraction of sp³-hybridized carbons (Fsp3) is 0.788. The Bertz CT molecular complexity index is 1300. The largest absolute Gasteiger partial charge is 0.459 e. The minimum Gasteiger partial charge on any atom is -0.459 e. The van der Waals surface area contributed by atoms with E-state index in [1.165, 1.54) is 0 Å². The normalized spacial score (nSPS) is 45.0. The number of carbonyl (C=O) groups is 5. The van der Waals surface area contributed by atoms with Gasteiger partial charge in [0.2, 0.25) is 0 Å². The van der Waals surface area contributed by atoms with Crippen molar-refractivity contribution in [3.05, 3.63) is 12.2 Å². The Balaban J connectivity index is 0.993. The van der Waals surface area contributed by atoms with Crippen molar-refractivity contribution in [1.29, 1.82) is 0 Å². The van der Waals surface area contributed by atoms with Crippen molar-refractivity contribution in [2.45, 2.75) is 114 Å². The Morgan fingerprint density at radius 1 is 1.07 bits per heavy atom. The predicted octanol–water partition coefficient (Wildman–Crippen LogP) is 3.85. The van der Waals surface area contributed by atoms with Crippen LogP contribution in [0.5, 0.6) is 0 Å². The molecule has 240 valence electrons. The highest BCUT2D eigenvalue weighted by Crippen LogP contribution is 2.72. The molecule has 2 N–H and O–H groups in total. The first-order chi connectivity index (χ1) is 21.0. The molecule has 11 heteroatoms. The summed E-state index contributed by atoms with van der Waals surface area (Å²) >= 11 is 1.84. The van der Waals surface area contributed by atoms with Gasteiger partial charge in [0.15, 0.2) is 12.4 Å². The number of ether oxygens (including phenoxy) is 3. The van der Waals surface area contributed by atoms with Crippen LogP contribution in [0.25, 0.3) is 0 Å². The smallest absolute Gasteiger partial charge is 0.344 e. The van der Waals surface area contributed by atoms with E-state index in [0.717, 1.165) is 37.9 Å². The summed E-state index contributed by atoms with van der Waals surface area (Å²) in [7, 11) is 0. The lowest BCUT2D eigenvalue weighted by molar-refractivity contribution is -0.250. The average Bonchev–Trinajstić information content (AvgIpc) is 3.47. The number of allylic oxidation sites excluding steroid dienone is 1. The van der Waals surface area contributed by atoms with Crippen LogP contribution in [-0.4, -0.2) is 71.1 Å². The molecule has 9 aliphatic rings. The van der Waals surface area contributed by atoms with Gasteiger partial charge >= 0.3 is 23.9 Å². The van der Waals surface area contributed by atoms with Crippen LogP contribution in [0.15, 0.2) is 12.2 Å². The van der Waals surface area contributed by atoms with Gasteiger partial charge in [-0.1, -0.05) is 19.9 Å². The summed E-state index contributed by atoms with van der Waals surface area (Å²) in [6.07, 6.45) is 6.64. The van der Waals surface area contributed by atoms with Crippen LogP contribution < -0.4 is 10.6 Å². The van der Waals surface area contributed by atoms with E-state index in [-0.39, 0.29) is 60.0 Å². The SMILES string of the molecule is C=C1C(=O)C23CCC1CC2[C@@]12CCC[C@@](C)(OC1=O)[C@H](C)C2C[C@H]3OC(=O)COC(=O)CCCC[C@H]1SCC2NC(=O)NC21. The van der Waals surface area contributed by atoms with Gasteiger partial charge < -0.3 is 24.8 Å². The maximum absolute atomic E-state index is 14.0. The molecular weight excluding hydrogens is 584 g/mol. The topological polar surface area (TPSA) is 137 Å². The lowest BCUT2D eigenvalue weighted by Crippen LogP contribution is -2.72. The van der Waals surface area contributed by atoms with Gasteiger partial charge in [-0.2, -0.15) is 11.8 Å². The Morgan fingerprint density at radius 3 is 2.70 bits per heavy atom. The number of hydrogen-bond donors (Lipinski definition) is 2. The summed E-state index contributed by atoms with van der Waals surface area (Å²) in [6, 6.07) is 0.200. The first-order valence-corrected chi connectivity index (χ1v) is 17.6. The summed E-state index contributed by atoms with van der Waals surface area (Å²) in [5.74, 6) is -0.673. The molecule has 0 aromatic rings. The van der Waals surface area contributed by atoms with Gasteiger partial charge in [0, 0.05) is 17.4 Å². The van der Waals surface area contributed by atoms with Gasteiger partial charge in [-0.05, 0) is 94.0 Å². The lowest BCUT2D eigenvalue weighted by Gasteiger charge is -2.66. The summed E-state index contributed by atoms with van der Waals surface area (Å²) in [4.78, 5) is 65.3. The lowest BCUT2D eigenvalue weighted by atomic mass is 9.37. The monoisotopic (exact) mass is 628 g/mol. The van der Waals surface area contributed by atoms with Crippen LogP contribution in [0, 0.1) is 34.5 Å². The number of thioether (sulfide) groups is 1. The molecule has 0 aromatic carbocycles. The highest BCUT2D eigenvalue weighted by Gasteiger charge is 2.76. The number of esters is 3. The molecule has 9 rings (SSSR count). The minimum atomic E-state index is -0.996. The van der Waals surface area contributed by atoms with Gasteiger partial charge in [-0.25, -0.2) is 9.59 Å². The van der Waals surface area contributed by atoms with E-state index in [4.69, 9.17) is 14.2 Å². The average molecular weight is 629 g/mol. The fourth-order valence-corrected chi connectivity index (χ4v) is 12.0. The summed E-state index contributed by atoms with van der Waals surface area (Å²) in [5, 5.41) is 6.24. The number of nitrogens with one attached hydrogen (secondary N) is 2. The minimum absolute atomic E-state index is 0.0433. The van der Waals surface area contributed by atoms with Crippen LogP contribution in [0.2, 0.25) is 0 Å². The van der Waals surface area contributed by atoms with Crippen LogP contribution in [0.3, 0.4) is 0 Å².